The van der Waals surface area contributed by atoms with Gasteiger partial charge in [0.15, 0.2) is 5.96 Å². The third-order valence-corrected chi connectivity index (χ3v) is 4.75. The highest BCUT2D eigenvalue weighted by atomic mass is 16.5. The van der Waals surface area contributed by atoms with E-state index in [1.165, 1.54) is 11.1 Å². The van der Waals surface area contributed by atoms with E-state index >= 15 is 0 Å². The summed E-state index contributed by atoms with van der Waals surface area (Å²) in [7, 11) is 3.56. The quantitative estimate of drug-likeness (QED) is 0.627. The van der Waals surface area contributed by atoms with Gasteiger partial charge < -0.3 is 19.7 Å². The Morgan fingerprint density at radius 1 is 1.07 bits per heavy atom. The van der Waals surface area contributed by atoms with Crippen molar-refractivity contribution in [3.63, 3.8) is 0 Å². The number of ether oxygens (including phenoxy) is 2. The number of para-hydroxylation sites is 1. The number of nitrogens with one attached hydrogen (secondary N) is 1. The summed E-state index contributed by atoms with van der Waals surface area (Å²) in [5.41, 5.74) is 2.42. The van der Waals surface area contributed by atoms with Crippen LogP contribution in [0.4, 0.5) is 0 Å². The molecule has 5 heteroatoms. The molecule has 0 saturated carbocycles. The van der Waals surface area contributed by atoms with Crippen molar-refractivity contribution in [1.82, 2.24) is 10.2 Å². The summed E-state index contributed by atoms with van der Waals surface area (Å²) in [6.45, 7) is 3.28. The van der Waals surface area contributed by atoms with Crippen molar-refractivity contribution in [2.24, 2.45) is 4.99 Å². The molecule has 2 aromatic rings. The number of nitrogens with zero attached hydrogens (tertiary/aromatic N) is 2. The summed E-state index contributed by atoms with van der Waals surface area (Å²) in [6.07, 6.45) is 2.27. The summed E-state index contributed by atoms with van der Waals surface area (Å²) in [5, 5.41) is 3.48. The lowest BCUT2D eigenvalue weighted by Gasteiger charge is -2.34. The lowest BCUT2D eigenvalue weighted by atomic mass is 10.1. The van der Waals surface area contributed by atoms with Crippen LogP contribution < -0.4 is 10.1 Å². The van der Waals surface area contributed by atoms with Gasteiger partial charge in [0.1, 0.15) is 11.9 Å². The zero-order valence-corrected chi connectivity index (χ0v) is 16.2. The van der Waals surface area contributed by atoms with E-state index in [1.807, 2.05) is 37.4 Å². The molecule has 1 aliphatic heterocycles. The van der Waals surface area contributed by atoms with Crippen molar-refractivity contribution >= 4 is 5.96 Å². The van der Waals surface area contributed by atoms with Crippen LogP contribution in [0.25, 0.3) is 0 Å². The summed E-state index contributed by atoms with van der Waals surface area (Å²) in [4.78, 5) is 6.77. The van der Waals surface area contributed by atoms with E-state index < -0.39 is 0 Å². The second-order valence-corrected chi connectivity index (χ2v) is 6.77. The minimum Gasteiger partial charge on any atom is -0.490 e. The van der Waals surface area contributed by atoms with E-state index in [-0.39, 0.29) is 6.10 Å². The Labute approximate surface area is 162 Å². The predicted molar refractivity (Wildman–Crippen MR) is 109 cm³/mol. The fourth-order valence-corrected chi connectivity index (χ4v) is 3.39. The van der Waals surface area contributed by atoms with E-state index in [0.29, 0.717) is 6.61 Å². The minimum atomic E-state index is 0.271. The summed E-state index contributed by atoms with van der Waals surface area (Å²) in [6, 6.07) is 18.5. The molecule has 144 valence electrons. The predicted octanol–water partition coefficient (Wildman–Crippen LogP) is 3.45. The van der Waals surface area contributed by atoms with E-state index in [9.17, 15) is 0 Å². The Bertz CT molecular complexity index is 725. The first-order valence-corrected chi connectivity index (χ1v) is 9.52. The van der Waals surface area contributed by atoms with Gasteiger partial charge in [0, 0.05) is 46.6 Å². The molecule has 1 aliphatic rings. The highest BCUT2D eigenvalue weighted by Gasteiger charge is 2.22. The Morgan fingerprint density at radius 3 is 2.52 bits per heavy atom. The molecule has 3 rings (SSSR count). The monoisotopic (exact) mass is 367 g/mol. The first-order valence-electron chi connectivity index (χ1n) is 9.52. The Kier molecular flexibility index (Phi) is 7.11. The second-order valence-electron chi connectivity index (χ2n) is 6.77. The van der Waals surface area contributed by atoms with E-state index in [2.05, 4.69) is 39.5 Å². The number of hydrogen-bond donors (Lipinski definition) is 1. The molecule has 1 fully saturated rings. The van der Waals surface area contributed by atoms with Crippen LogP contribution in [0, 0.1) is 0 Å². The molecule has 0 amide bonds. The maximum absolute atomic E-state index is 6.08. The van der Waals surface area contributed by atoms with Crippen molar-refractivity contribution in [1.29, 1.82) is 0 Å². The zero-order valence-electron chi connectivity index (χ0n) is 16.2. The Hall–Kier alpha value is -2.53. The van der Waals surface area contributed by atoms with Crippen LogP contribution in [-0.2, 0) is 17.9 Å². The molecule has 0 aromatic heterocycles. The SMILES string of the molecule is CN=C(NCc1cccc(COC)c1)N1CCC(Oc2ccccc2)CC1. The average molecular weight is 367 g/mol. The van der Waals surface area contributed by atoms with Crippen LogP contribution >= 0.6 is 0 Å². The van der Waals surface area contributed by atoms with Crippen LogP contribution in [0.1, 0.15) is 24.0 Å². The van der Waals surface area contributed by atoms with Gasteiger partial charge in [-0.15, -0.1) is 0 Å². The first-order chi connectivity index (χ1) is 13.3. The molecule has 1 N–H and O–H groups in total. The van der Waals surface area contributed by atoms with Gasteiger partial charge in [-0.1, -0.05) is 42.5 Å². The largest absolute Gasteiger partial charge is 0.490 e. The molecular weight excluding hydrogens is 338 g/mol. The zero-order chi connectivity index (χ0) is 18.9. The van der Waals surface area contributed by atoms with Crippen molar-refractivity contribution in [3.8, 4) is 5.75 Å². The van der Waals surface area contributed by atoms with Gasteiger partial charge in [0.05, 0.1) is 6.61 Å². The highest BCUT2D eigenvalue weighted by Crippen LogP contribution is 2.18. The third kappa shape index (κ3) is 5.73. The van der Waals surface area contributed by atoms with Crippen molar-refractivity contribution in [2.75, 3.05) is 27.2 Å². The summed E-state index contributed by atoms with van der Waals surface area (Å²) >= 11 is 0. The molecule has 0 atom stereocenters. The number of hydrogen-bond acceptors (Lipinski definition) is 3. The lowest BCUT2D eigenvalue weighted by Crippen LogP contribution is -2.47. The van der Waals surface area contributed by atoms with E-state index in [0.717, 1.165) is 44.2 Å². The molecule has 0 unspecified atom stereocenters. The summed E-state index contributed by atoms with van der Waals surface area (Å²) in [5.74, 6) is 1.90. The van der Waals surface area contributed by atoms with E-state index in [1.54, 1.807) is 7.11 Å². The molecule has 0 bridgehead atoms. The van der Waals surface area contributed by atoms with Gasteiger partial charge in [-0.05, 0) is 23.3 Å². The fraction of sp³-hybridized carbons (Fsp3) is 0.409. The van der Waals surface area contributed by atoms with Crippen molar-refractivity contribution < 1.29 is 9.47 Å². The maximum atomic E-state index is 6.08. The topological polar surface area (TPSA) is 46.1 Å². The van der Waals surface area contributed by atoms with Crippen LogP contribution in [0.3, 0.4) is 0 Å². The lowest BCUT2D eigenvalue weighted by molar-refractivity contribution is 0.129. The highest BCUT2D eigenvalue weighted by molar-refractivity contribution is 5.80. The van der Waals surface area contributed by atoms with E-state index in [4.69, 9.17) is 9.47 Å². The second kappa shape index (κ2) is 9.97. The van der Waals surface area contributed by atoms with Gasteiger partial charge in [0.2, 0.25) is 0 Å². The molecule has 1 saturated heterocycles. The number of benzene rings is 2. The smallest absolute Gasteiger partial charge is 0.193 e. The van der Waals surface area contributed by atoms with Crippen LogP contribution in [0.5, 0.6) is 5.75 Å². The molecular formula is C22H29N3O2. The summed E-state index contributed by atoms with van der Waals surface area (Å²) < 4.78 is 11.3. The molecule has 5 nitrogen and oxygen atoms in total. The Morgan fingerprint density at radius 2 is 1.81 bits per heavy atom. The molecule has 0 radical (unpaired) electrons. The van der Waals surface area contributed by atoms with Gasteiger partial charge in [-0.2, -0.15) is 0 Å². The van der Waals surface area contributed by atoms with Crippen LogP contribution in [0.15, 0.2) is 59.6 Å². The van der Waals surface area contributed by atoms with Crippen molar-refractivity contribution in [2.45, 2.75) is 32.1 Å². The average Bonchev–Trinajstić information content (AvgIpc) is 2.71. The van der Waals surface area contributed by atoms with Gasteiger partial charge >= 0.3 is 0 Å². The first kappa shape index (κ1) is 19.2. The van der Waals surface area contributed by atoms with Gasteiger partial charge in [0.25, 0.3) is 0 Å². The van der Waals surface area contributed by atoms with Crippen molar-refractivity contribution in [3.05, 3.63) is 65.7 Å². The third-order valence-electron chi connectivity index (χ3n) is 4.75. The minimum absolute atomic E-state index is 0.271. The fourth-order valence-electron chi connectivity index (χ4n) is 3.39. The number of guanidine groups is 1. The molecule has 2 aromatic carbocycles. The standard InChI is InChI=1S/C22H29N3O2/c1-23-22(24-16-18-7-6-8-19(15-18)17-26-2)25-13-11-21(12-14-25)27-20-9-4-3-5-10-20/h3-10,15,21H,11-14,16-17H2,1-2H3,(H,23,24). The number of piperidine rings is 1. The van der Waals surface area contributed by atoms with Gasteiger partial charge in [-0.3, -0.25) is 4.99 Å². The molecule has 0 aliphatic carbocycles. The van der Waals surface area contributed by atoms with Crippen LogP contribution in [0.2, 0.25) is 0 Å². The molecule has 1 heterocycles. The molecule has 27 heavy (non-hydrogen) atoms. The molecule has 0 spiro atoms. The van der Waals surface area contributed by atoms with Crippen LogP contribution in [-0.4, -0.2) is 44.2 Å². The van der Waals surface area contributed by atoms with Gasteiger partial charge in [-0.25, -0.2) is 0 Å². The Balaban J connectivity index is 1.48. The number of likely N-dealkylation sites (tertiary alicyclic amines) is 1. The number of methoxy groups -OCH3 is 1. The maximum Gasteiger partial charge on any atom is 0.193 e. The number of aliphatic imine (C=N–C) groups is 1. The normalized spacial score (nSPS) is 15.6. The number of rotatable bonds is 6.